The average Bonchev–Trinajstić information content (AvgIpc) is 2.75. The molecule has 1 aromatic rings. The molecular formula is C11H14Cl2N2O3S. The Morgan fingerprint density at radius 3 is 2.42 bits per heavy atom. The smallest absolute Gasteiger partial charge is 0.246 e. The molecular weight excluding hydrogens is 311 g/mol. The van der Waals surface area contributed by atoms with E-state index in [2.05, 4.69) is 0 Å². The van der Waals surface area contributed by atoms with Crippen molar-refractivity contribution < 1.29 is 13.2 Å². The zero-order valence-corrected chi connectivity index (χ0v) is 12.6. The van der Waals surface area contributed by atoms with E-state index in [-0.39, 0.29) is 21.0 Å². The van der Waals surface area contributed by atoms with Gasteiger partial charge in [0.05, 0.1) is 16.1 Å². The van der Waals surface area contributed by atoms with Crippen molar-refractivity contribution >= 4 is 38.9 Å². The number of halogens is 2. The Hall–Kier alpha value is -0.530. The van der Waals surface area contributed by atoms with Crippen LogP contribution in [-0.4, -0.2) is 39.0 Å². The van der Waals surface area contributed by atoms with Gasteiger partial charge in [0.15, 0.2) is 0 Å². The maximum absolute atomic E-state index is 12.5. The standard InChI is InChI=1S/C11H14Cl2N2O3S/c1-18-8-2-3-15(6-8)19(16,17)11-9(12)4-7(14)5-10(11)13/h4-5,8H,2-3,6,14H2,1H3. The molecule has 19 heavy (non-hydrogen) atoms. The van der Waals surface area contributed by atoms with Crippen molar-refractivity contribution in [3.8, 4) is 0 Å². The van der Waals surface area contributed by atoms with E-state index < -0.39 is 10.0 Å². The number of sulfonamides is 1. The van der Waals surface area contributed by atoms with E-state index in [0.717, 1.165) is 0 Å². The summed E-state index contributed by atoms with van der Waals surface area (Å²) in [6, 6.07) is 2.76. The van der Waals surface area contributed by atoms with E-state index in [0.29, 0.717) is 25.2 Å². The van der Waals surface area contributed by atoms with Crippen LogP contribution in [0.2, 0.25) is 10.0 Å². The first-order valence-electron chi connectivity index (χ1n) is 5.63. The first kappa shape index (κ1) is 14.9. The molecule has 0 saturated carbocycles. The first-order valence-corrected chi connectivity index (χ1v) is 7.83. The number of nitrogens with two attached hydrogens (primary N) is 1. The minimum atomic E-state index is -3.73. The van der Waals surface area contributed by atoms with Gasteiger partial charge in [-0.3, -0.25) is 0 Å². The van der Waals surface area contributed by atoms with Gasteiger partial charge in [0, 0.05) is 25.9 Å². The number of methoxy groups -OCH3 is 1. The van der Waals surface area contributed by atoms with Crippen LogP contribution in [0.1, 0.15) is 6.42 Å². The predicted molar refractivity (Wildman–Crippen MR) is 75.0 cm³/mol. The lowest BCUT2D eigenvalue weighted by molar-refractivity contribution is 0.115. The van der Waals surface area contributed by atoms with Crippen molar-refractivity contribution in [3.63, 3.8) is 0 Å². The fourth-order valence-corrected chi connectivity index (χ4v) is 4.73. The molecule has 1 fully saturated rings. The normalized spacial score (nSPS) is 20.9. The third-order valence-corrected chi connectivity index (χ3v) is 5.85. The molecule has 1 aliphatic heterocycles. The SMILES string of the molecule is COC1CCN(S(=O)(=O)c2c(Cl)cc(N)cc2Cl)C1. The van der Waals surface area contributed by atoms with Crippen LogP contribution < -0.4 is 5.73 Å². The van der Waals surface area contributed by atoms with Crippen LogP contribution in [0.4, 0.5) is 5.69 Å². The van der Waals surface area contributed by atoms with Gasteiger partial charge < -0.3 is 10.5 Å². The molecule has 1 unspecified atom stereocenters. The highest BCUT2D eigenvalue weighted by atomic mass is 35.5. The Balaban J connectivity index is 2.41. The third kappa shape index (κ3) is 2.83. The molecule has 1 heterocycles. The average molecular weight is 325 g/mol. The quantitative estimate of drug-likeness (QED) is 0.863. The van der Waals surface area contributed by atoms with Gasteiger partial charge in [0.25, 0.3) is 0 Å². The van der Waals surface area contributed by atoms with Gasteiger partial charge in [-0.05, 0) is 18.6 Å². The highest BCUT2D eigenvalue weighted by Crippen LogP contribution is 2.35. The van der Waals surface area contributed by atoms with Crippen LogP contribution in [-0.2, 0) is 14.8 Å². The maximum atomic E-state index is 12.5. The highest BCUT2D eigenvalue weighted by molar-refractivity contribution is 7.89. The number of anilines is 1. The van der Waals surface area contributed by atoms with Crippen LogP contribution in [0, 0.1) is 0 Å². The van der Waals surface area contributed by atoms with E-state index in [9.17, 15) is 8.42 Å². The van der Waals surface area contributed by atoms with Gasteiger partial charge in [-0.2, -0.15) is 4.31 Å². The van der Waals surface area contributed by atoms with Crippen LogP contribution >= 0.6 is 23.2 Å². The van der Waals surface area contributed by atoms with Crippen molar-refractivity contribution in [1.29, 1.82) is 0 Å². The maximum Gasteiger partial charge on any atom is 0.246 e. The minimum Gasteiger partial charge on any atom is -0.399 e. The molecule has 1 atom stereocenters. The second-order valence-corrected chi connectivity index (χ2v) is 7.01. The topological polar surface area (TPSA) is 72.6 Å². The molecule has 2 rings (SSSR count). The summed E-state index contributed by atoms with van der Waals surface area (Å²) in [5.41, 5.74) is 5.90. The summed E-state index contributed by atoms with van der Waals surface area (Å²) in [6.07, 6.45) is 0.557. The molecule has 0 aromatic heterocycles. The molecule has 1 saturated heterocycles. The zero-order valence-electron chi connectivity index (χ0n) is 10.3. The molecule has 2 N–H and O–H groups in total. The summed E-state index contributed by atoms with van der Waals surface area (Å²) in [4.78, 5) is -0.0956. The van der Waals surface area contributed by atoms with E-state index in [1.165, 1.54) is 16.4 Å². The molecule has 0 spiro atoms. The first-order chi connectivity index (χ1) is 8.86. The highest BCUT2D eigenvalue weighted by Gasteiger charge is 2.35. The number of nitrogen functional groups attached to an aromatic ring is 1. The van der Waals surface area contributed by atoms with Crippen LogP contribution in [0.5, 0.6) is 0 Å². The number of hydrogen-bond acceptors (Lipinski definition) is 4. The molecule has 5 nitrogen and oxygen atoms in total. The monoisotopic (exact) mass is 324 g/mol. The van der Waals surface area contributed by atoms with Crippen molar-refractivity contribution in [1.82, 2.24) is 4.31 Å². The number of rotatable bonds is 3. The molecule has 1 aliphatic rings. The van der Waals surface area contributed by atoms with Crippen LogP contribution in [0.3, 0.4) is 0 Å². The summed E-state index contributed by atoms with van der Waals surface area (Å²) in [5, 5.41) is 0.0664. The second-order valence-electron chi connectivity index (χ2n) is 4.32. The van der Waals surface area contributed by atoms with Crippen molar-refractivity contribution in [3.05, 3.63) is 22.2 Å². The Morgan fingerprint density at radius 2 is 1.95 bits per heavy atom. The summed E-state index contributed by atoms with van der Waals surface area (Å²) in [7, 11) is -2.17. The summed E-state index contributed by atoms with van der Waals surface area (Å²) < 4.78 is 31.5. The lowest BCUT2D eigenvalue weighted by Crippen LogP contribution is -2.30. The van der Waals surface area contributed by atoms with Gasteiger partial charge in [-0.15, -0.1) is 0 Å². The van der Waals surface area contributed by atoms with Crippen LogP contribution in [0.15, 0.2) is 17.0 Å². The summed E-state index contributed by atoms with van der Waals surface area (Å²) in [6.45, 7) is 0.688. The van der Waals surface area contributed by atoms with Crippen molar-refractivity contribution in [2.45, 2.75) is 17.4 Å². The molecule has 8 heteroatoms. The predicted octanol–water partition coefficient (Wildman–Crippen LogP) is 1.99. The van der Waals surface area contributed by atoms with Gasteiger partial charge in [0.2, 0.25) is 10.0 Å². The Morgan fingerprint density at radius 1 is 1.37 bits per heavy atom. The van der Waals surface area contributed by atoms with Gasteiger partial charge >= 0.3 is 0 Å². The van der Waals surface area contributed by atoms with E-state index in [1.807, 2.05) is 0 Å². The van der Waals surface area contributed by atoms with Crippen molar-refractivity contribution in [2.24, 2.45) is 0 Å². The molecule has 0 bridgehead atoms. The van der Waals surface area contributed by atoms with E-state index >= 15 is 0 Å². The van der Waals surface area contributed by atoms with Crippen molar-refractivity contribution in [2.75, 3.05) is 25.9 Å². The fraction of sp³-hybridized carbons (Fsp3) is 0.455. The molecule has 1 aromatic carbocycles. The molecule has 106 valence electrons. The minimum absolute atomic E-state index is 0.0332. The molecule has 0 aliphatic carbocycles. The Kier molecular flexibility index (Phi) is 4.27. The summed E-state index contributed by atoms with van der Waals surface area (Å²) in [5.74, 6) is 0. The fourth-order valence-electron chi connectivity index (χ4n) is 2.06. The van der Waals surface area contributed by atoms with Gasteiger partial charge in [-0.25, -0.2) is 8.42 Å². The lowest BCUT2D eigenvalue weighted by atomic mass is 10.3. The number of ether oxygens (including phenoxy) is 1. The van der Waals surface area contributed by atoms with Gasteiger partial charge in [0.1, 0.15) is 4.90 Å². The Labute approximate surface area is 122 Å². The van der Waals surface area contributed by atoms with Gasteiger partial charge in [-0.1, -0.05) is 23.2 Å². The number of nitrogens with zero attached hydrogens (tertiary/aromatic N) is 1. The Bertz CT molecular complexity index is 569. The largest absolute Gasteiger partial charge is 0.399 e. The number of hydrogen-bond donors (Lipinski definition) is 1. The molecule has 0 radical (unpaired) electrons. The summed E-state index contributed by atoms with van der Waals surface area (Å²) >= 11 is 11.9. The van der Waals surface area contributed by atoms with Crippen LogP contribution in [0.25, 0.3) is 0 Å². The number of benzene rings is 1. The van der Waals surface area contributed by atoms with E-state index in [4.69, 9.17) is 33.7 Å². The second kappa shape index (κ2) is 5.46. The lowest BCUT2D eigenvalue weighted by Gasteiger charge is -2.18. The third-order valence-electron chi connectivity index (χ3n) is 3.06. The van der Waals surface area contributed by atoms with E-state index in [1.54, 1.807) is 7.11 Å². The zero-order chi connectivity index (χ0) is 14.2. The molecule has 0 amide bonds.